The molecule has 0 radical (unpaired) electrons. The van der Waals surface area contributed by atoms with E-state index in [0.717, 1.165) is 39.1 Å². The summed E-state index contributed by atoms with van der Waals surface area (Å²) in [6, 6.07) is 18.9. The molecule has 1 saturated heterocycles. The Balaban J connectivity index is 1.60. The van der Waals surface area contributed by atoms with Gasteiger partial charge in [-0.2, -0.15) is 0 Å². The first-order valence-electron chi connectivity index (χ1n) is 8.72. The molecule has 2 aromatic carbocycles. The lowest BCUT2D eigenvalue weighted by molar-refractivity contribution is 0.249. The summed E-state index contributed by atoms with van der Waals surface area (Å²) in [5, 5.41) is 9.23. The molecular weight excluding hydrogens is 298 g/mol. The number of aliphatic hydroxyl groups excluding tert-OH is 1. The molecule has 1 unspecified atom stereocenters. The number of piperazine rings is 1. The average molecular weight is 325 g/mol. The van der Waals surface area contributed by atoms with E-state index in [4.69, 9.17) is 5.73 Å². The summed E-state index contributed by atoms with van der Waals surface area (Å²) < 4.78 is 0. The summed E-state index contributed by atoms with van der Waals surface area (Å²) in [6.07, 6.45) is 0.719. The lowest BCUT2D eigenvalue weighted by Crippen LogP contribution is -2.46. The van der Waals surface area contributed by atoms with Crippen molar-refractivity contribution >= 4 is 5.69 Å². The highest BCUT2D eigenvalue weighted by Gasteiger charge is 2.19. The van der Waals surface area contributed by atoms with Crippen LogP contribution in [0.5, 0.6) is 0 Å². The van der Waals surface area contributed by atoms with Gasteiger partial charge in [-0.05, 0) is 23.6 Å². The van der Waals surface area contributed by atoms with Gasteiger partial charge in [0.05, 0.1) is 6.61 Å². The molecule has 3 N–H and O–H groups in total. The van der Waals surface area contributed by atoms with Gasteiger partial charge in [-0.3, -0.25) is 4.90 Å². The van der Waals surface area contributed by atoms with Crippen LogP contribution in [0.2, 0.25) is 0 Å². The van der Waals surface area contributed by atoms with Crippen molar-refractivity contribution < 1.29 is 5.11 Å². The van der Waals surface area contributed by atoms with Gasteiger partial charge >= 0.3 is 0 Å². The van der Waals surface area contributed by atoms with Crippen molar-refractivity contribution in [2.24, 2.45) is 5.73 Å². The van der Waals surface area contributed by atoms with Crippen LogP contribution in [0.1, 0.15) is 11.1 Å². The molecular formula is C20H27N3O. The second kappa shape index (κ2) is 8.29. The van der Waals surface area contributed by atoms with Crippen molar-refractivity contribution in [3.8, 4) is 0 Å². The Morgan fingerprint density at radius 2 is 1.58 bits per heavy atom. The Labute approximate surface area is 144 Å². The van der Waals surface area contributed by atoms with Crippen molar-refractivity contribution in [1.29, 1.82) is 0 Å². The van der Waals surface area contributed by atoms with Crippen molar-refractivity contribution in [1.82, 2.24) is 4.90 Å². The molecule has 1 aliphatic heterocycles. The van der Waals surface area contributed by atoms with Gasteiger partial charge in [-0.25, -0.2) is 0 Å². The molecule has 1 fully saturated rings. The zero-order chi connectivity index (χ0) is 16.8. The van der Waals surface area contributed by atoms with E-state index in [2.05, 4.69) is 64.4 Å². The monoisotopic (exact) mass is 325 g/mol. The van der Waals surface area contributed by atoms with Gasteiger partial charge in [0.1, 0.15) is 0 Å². The Morgan fingerprint density at radius 3 is 2.29 bits per heavy atom. The van der Waals surface area contributed by atoms with Gasteiger partial charge < -0.3 is 15.7 Å². The van der Waals surface area contributed by atoms with Gasteiger partial charge in [0.25, 0.3) is 0 Å². The van der Waals surface area contributed by atoms with Crippen LogP contribution < -0.4 is 10.6 Å². The minimum Gasteiger partial charge on any atom is -0.395 e. The number of aliphatic hydroxyl groups is 1. The quantitative estimate of drug-likeness (QED) is 0.851. The maximum absolute atomic E-state index is 9.23. The number of rotatable bonds is 6. The number of benzene rings is 2. The summed E-state index contributed by atoms with van der Waals surface area (Å²) in [5.41, 5.74) is 9.81. The Hall–Kier alpha value is -1.88. The van der Waals surface area contributed by atoms with Crippen LogP contribution in [-0.4, -0.2) is 48.8 Å². The van der Waals surface area contributed by atoms with Gasteiger partial charge in [0, 0.05) is 44.5 Å². The number of hydrogen-bond donors (Lipinski definition) is 2. The zero-order valence-corrected chi connectivity index (χ0v) is 14.1. The molecule has 0 aromatic heterocycles. The first-order valence-corrected chi connectivity index (χ1v) is 8.72. The summed E-state index contributed by atoms with van der Waals surface area (Å²) in [4.78, 5) is 4.95. The molecule has 0 amide bonds. The third-order valence-electron chi connectivity index (χ3n) is 4.67. The SMILES string of the molecule is NC(CO)Cc1ccccc1N1CCN(Cc2ccccc2)CC1. The second-order valence-corrected chi connectivity index (χ2v) is 6.52. The Bertz CT molecular complexity index is 624. The van der Waals surface area contributed by atoms with Crippen LogP contribution in [0.25, 0.3) is 0 Å². The molecule has 1 atom stereocenters. The van der Waals surface area contributed by atoms with Crippen LogP contribution in [0.3, 0.4) is 0 Å². The Kier molecular flexibility index (Phi) is 5.86. The number of hydrogen-bond acceptors (Lipinski definition) is 4. The minimum absolute atomic E-state index is 0.0270. The van der Waals surface area contributed by atoms with Gasteiger partial charge in [-0.15, -0.1) is 0 Å². The van der Waals surface area contributed by atoms with Crippen LogP contribution in [0, 0.1) is 0 Å². The van der Waals surface area contributed by atoms with E-state index < -0.39 is 0 Å². The van der Waals surface area contributed by atoms with Crippen LogP contribution in [-0.2, 0) is 13.0 Å². The summed E-state index contributed by atoms with van der Waals surface area (Å²) >= 11 is 0. The number of anilines is 1. The highest BCUT2D eigenvalue weighted by atomic mass is 16.3. The molecule has 24 heavy (non-hydrogen) atoms. The summed E-state index contributed by atoms with van der Waals surface area (Å²) in [5.74, 6) is 0. The van der Waals surface area contributed by atoms with Crippen molar-refractivity contribution in [3.05, 3.63) is 65.7 Å². The fraction of sp³-hybridized carbons (Fsp3) is 0.400. The molecule has 4 heteroatoms. The third-order valence-corrected chi connectivity index (χ3v) is 4.67. The predicted octanol–water partition coefficient (Wildman–Crippen LogP) is 1.87. The molecule has 3 rings (SSSR count). The van der Waals surface area contributed by atoms with E-state index in [-0.39, 0.29) is 12.6 Å². The smallest absolute Gasteiger partial charge is 0.0585 e. The maximum atomic E-state index is 9.23. The van der Waals surface area contributed by atoms with E-state index >= 15 is 0 Å². The van der Waals surface area contributed by atoms with Crippen LogP contribution in [0.15, 0.2) is 54.6 Å². The molecule has 0 spiro atoms. The first-order chi connectivity index (χ1) is 11.8. The first kappa shape index (κ1) is 17.0. The van der Waals surface area contributed by atoms with Crippen LogP contribution in [0.4, 0.5) is 5.69 Å². The van der Waals surface area contributed by atoms with Crippen molar-refractivity contribution in [3.63, 3.8) is 0 Å². The maximum Gasteiger partial charge on any atom is 0.0585 e. The fourth-order valence-corrected chi connectivity index (χ4v) is 3.33. The molecule has 1 heterocycles. The van der Waals surface area contributed by atoms with Gasteiger partial charge in [-0.1, -0.05) is 48.5 Å². The summed E-state index contributed by atoms with van der Waals surface area (Å²) in [6.45, 7) is 5.23. The normalized spacial score (nSPS) is 17.0. The Morgan fingerprint density at radius 1 is 0.917 bits per heavy atom. The molecule has 0 bridgehead atoms. The van der Waals surface area contributed by atoms with E-state index in [1.165, 1.54) is 16.8 Å². The summed E-state index contributed by atoms with van der Waals surface area (Å²) in [7, 11) is 0. The molecule has 0 saturated carbocycles. The topological polar surface area (TPSA) is 52.7 Å². The molecule has 1 aliphatic rings. The zero-order valence-electron chi connectivity index (χ0n) is 14.1. The van der Waals surface area contributed by atoms with E-state index in [1.54, 1.807) is 0 Å². The van der Waals surface area contributed by atoms with Crippen molar-refractivity contribution in [2.45, 2.75) is 19.0 Å². The third kappa shape index (κ3) is 4.35. The number of nitrogens with zero attached hydrogens (tertiary/aromatic N) is 2. The number of para-hydroxylation sites is 1. The number of nitrogens with two attached hydrogens (primary N) is 1. The highest BCUT2D eigenvalue weighted by molar-refractivity contribution is 5.54. The molecule has 4 nitrogen and oxygen atoms in total. The van der Waals surface area contributed by atoms with Crippen LogP contribution >= 0.6 is 0 Å². The van der Waals surface area contributed by atoms with E-state index in [9.17, 15) is 5.11 Å². The van der Waals surface area contributed by atoms with Gasteiger partial charge in [0.2, 0.25) is 0 Å². The van der Waals surface area contributed by atoms with E-state index in [1.807, 2.05) is 0 Å². The van der Waals surface area contributed by atoms with Gasteiger partial charge in [0.15, 0.2) is 0 Å². The molecule has 2 aromatic rings. The second-order valence-electron chi connectivity index (χ2n) is 6.52. The van der Waals surface area contributed by atoms with E-state index in [0.29, 0.717) is 0 Å². The average Bonchev–Trinajstić information content (AvgIpc) is 2.64. The van der Waals surface area contributed by atoms with Crippen molar-refractivity contribution in [2.75, 3.05) is 37.7 Å². The molecule has 128 valence electrons. The lowest BCUT2D eigenvalue weighted by atomic mass is 10.0. The predicted molar refractivity (Wildman–Crippen MR) is 99.1 cm³/mol. The lowest BCUT2D eigenvalue weighted by Gasteiger charge is -2.37. The fourth-order valence-electron chi connectivity index (χ4n) is 3.33. The minimum atomic E-state index is -0.189. The molecule has 0 aliphatic carbocycles. The standard InChI is InChI=1S/C20H27N3O/c21-19(16-24)14-18-8-4-5-9-20(18)23-12-10-22(11-13-23)15-17-6-2-1-3-7-17/h1-9,19,24H,10-16,21H2. The largest absolute Gasteiger partial charge is 0.395 e. The highest BCUT2D eigenvalue weighted by Crippen LogP contribution is 2.23.